The lowest BCUT2D eigenvalue weighted by atomic mass is 9.72. The maximum absolute atomic E-state index is 13.1. The zero-order valence-electron chi connectivity index (χ0n) is 14.2. The molecule has 1 aromatic rings. The quantitative estimate of drug-likeness (QED) is 0.836. The summed E-state index contributed by atoms with van der Waals surface area (Å²) in [5.74, 6) is 1.04. The van der Waals surface area contributed by atoms with E-state index in [1.54, 1.807) is 0 Å². The number of likely N-dealkylation sites (N-methyl/N-ethyl adjacent to an activating group) is 1. The topological polar surface area (TPSA) is 20.3 Å². The van der Waals surface area contributed by atoms with Gasteiger partial charge in [-0.3, -0.25) is 9.69 Å². The lowest BCUT2D eigenvalue weighted by Crippen LogP contribution is -2.54. The van der Waals surface area contributed by atoms with Crippen LogP contribution in [0.25, 0.3) is 0 Å². The summed E-state index contributed by atoms with van der Waals surface area (Å²) in [6, 6.07) is 6.47. The fourth-order valence-corrected chi connectivity index (χ4v) is 3.95. The molecule has 116 valence electrons. The van der Waals surface area contributed by atoms with Crippen LogP contribution in [0.1, 0.15) is 49.3 Å². The molecular formula is C19H29NO. The summed E-state index contributed by atoms with van der Waals surface area (Å²) < 4.78 is 0. The molecule has 1 aromatic carbocycles. The largest absolute Gasteiger partial charge is 0.297 e. The van der Waals surface area contributed by atoms with Gasteiger partial charge in [0.05, 0.1) is 5.54 Å². The molecule has 0 heterocycles. The minimum absolute atomic E-state index is 0.255. The van der Waals surface area contributed by atoms with Crippen molar-refractivity contribution < 1.29 is 4.79 Å². The van der Waals surface area contributed by atoms with E-state index in [0.29, 0.717) is 18.1 Å². The van der Waals surface area contributed by atoms with E-state index in [9.17, 15) is 4.79 Å². The van der Waals surface area contributed by atoms with Gasteiger partial charge in [0, 0.05) is 6.42 Å². The Bertz CT molecular complexity index is 500. The molecule has 1 aliphatic carbocycles. The first-order valence-electron chi connectivity index (χ1n) is 8.11. The second-order valence-electron chi connectivity index (χ2n) is 7.22. The molecule has 1 saturated carbocycles. The molecule has 0 radical (unpaired) electrons. The van der Waals surface area contributed by atoms with Crippen molar-refractivity contribution in [1.29, 1.82) is 0 Å². The van der Waals surface area contributed by atoms with Crippen molar-refractivity contribution in [2.24, 2.45) is 5.92 Å². The van der Waals surface area contributed by atoms with Crippen LogP contribution in [-0.4, -0.2) is 30.3 Å². The smallest absolute Gasteiger partial charge is 0.157 e. The van der Waals surface area contributed by atoms with Gasteiger partial charge in [0.25, 0.3) is 0 Å². The molecule has 2 unspecified atom stereocenters. The molecule has 2 rings (SSSR count). The van der Waals surface area contributed by atoms with Crippen LogP contribution in [0.2, 0.25) is 0 Å². The summed E-state index contributed by atoms with van der Waals surface area (Å²) in [6.07, 6.45) is 5.00. The highest BCUT2D eigenvalue weighted by atomic mass is 16.1. The lowest BCUT2D eigenvalue weighted by Gasteiger charge is -2.44. The van der Waals surface area contributed by atoms with E-state index in [1.165, 1.54) is 17.5 Å². The van der Waals surface area contributed by atoms with Crippen molar-refractivity contribution in [3.63, 3.8) is 0 Å². The predicted octanol–water partition coefficient (Wildman–Crippen LogP) is 3.93. The fourth-order valence-electron chi connectivity index (χ4n) is 3.95. The highest BCUT2D eigenvalue weighted by Gasteiger charge is 2.42. The Kier molecular flexibility index (Phi) is 4.88. The molecular weight excluding hydrogens is 258 g/mol. The SMILES string of the molecule is Cc1cc(C)cc(CC(=O)C2(N(C)C)CCCC(C)C2)c1. The molecule has 2 atom stereocenters. The van der Waals surface area contributed by atoms with E-state index in [1.807, 2.05) is 0 Å². The Labute approximate surface area is 129 Å². The Morgan fingerprint density at radius 2 is 1.86 bits per heavy atom. The van der Waals surface area contributed by atoms with Crippen LogP contribution in [0.15, 0.2) is 18.2 Å². The summed E-state index contributed by atoms with van der Waals surface area (Å²) in [4.78, 5) is 15.2. The maximum Gasteiger partial charge on any atom is 0.157 e. The Balaban J connectivity index is 2.23. The summed E-state index contributed by atoms with van der Waals surface area (Å²) >= 11 is 0. The van der Waals surface area contributed by atoms with E-state index in [2.05, 4.69) is 58.0 Å². The van der Waals surface area contributed by atoms with Gasteiger partial charge in [0.15, 0.2) is 5.78 Å². The molecule has 0 bridgehead atoms. The van der Waals surface area contributed by atoms with E-state index < -0.39 is 0 Å². The Morgan fingerprint density at radius 3 is 2.38 bits per heavy atom. The van der Waals surface area contributed by atoms with Crippen LogP contribution >= 0.6 is 0 Å². The number of Topliss-reactive ketones (excluding diaryl/α,β-unsaturated/α-hetero) is 1. The Hall–Kier alpha value is -1.15. The van der Waals surface area contributed by atoms with Crippen LogP contribution in [0, 0.1) is 19.8 Å². The van der Waals surface area contributed by atoms with Gasteiger partial charge in [-0.25, -0.2) is 0 Å². The van der Waals surface area contributed by atoms with Crippen LogP contribution in [0.3, 0.4) is 0 Å². The van der Waals surface area contributed by atoms with Crippen LogP contribution in [0.4, 0.5) is 0 Å². The summed E-state index contributed by atoms with van der Waals surface area (Å²) in [6.45, 7) is 6.48. The van der Waals surface area contributed by atoms with Crippen molar-refractivity contribution in [2.75, 3.05) is 14.1 Å². The van der Waals surface area contributed by atoms with Crippen LogP contribution in [-0.2, 0) is 11.2 Å². The van der Waals surface area contributed by atoms with E-state index in [0.717, 1.165) is 24.8 Å². The van der Waals surface area contributed by atoms with Gasteiger partial charge in [0.2, 0.25) is 0 Å². The highest BCUT2D eigenvalue weighted by Crippen LogP contribution is 2.37. The molecule has 0 aromatic heterocycles. The molecule has 1 fully saturated rings. The first-order valence-corrected chi connectivity index (χ1v) is 8.11. The number of nitrogens with zero attached hydrogens (tertiary/aromatic N) is 1. The van der Waals surface area contributed by atoms with Crippen molar-refractivity contribution >= 4 is 5.78 Å². The number of rotatable bonds is 4. The number of benzene rings is 1. The minimum atomic E-state index is -0.255. The monoisotopic (exact) mass is 287 g/mol. The zero-order valence-corrected chi connectivity index (χ0v) is 14.2. The van der Waals surface area contributed by atoms with Gasteiger partial charge >= 0.3 is 0 Å². The number of ketones is 1. The molecule has 0 saturated heterocycles. The summed E-state index contributed by atoms with van der Waals surface area (Å²) in [7, 11) is 4.13. The van der Waals surface area contributed by atoms with Gasteiger partial charge in [0.1, 0.15) is 0 Å². The summed E-state index contributed by atoms with van der Waals surface area (Å²) in [5, 5.41) is 0. The van der Waals surface area contributed by atoms with Gasteiger partial charge in [-0.1, -0.05) is 49.1 Å². The number of aryl methyl sites for hydroxylation is 2. The minimum Gasteiger partial charge on any atom is -0.297 e. The molecule has 0 aliphatic heterocycles. The molecule has 1 aliphatic rings. The van der Waals surface area contributed by atoms with Gasteiger partial charge < -0.3 is 0 Å². The van der Waals surface area contributed by atoms with Gasteiger partial charge in [-0.05, 0) is 52.3 Å². The van der Waals surface area contributed by atoms with Gasteiger partial charge in [-0.2, -0.15) is 0 Å². The van der Waals surface area contributed by atoms with Crippen molar-refractivity contribution in [1.82, 2.24) is 4.90 Å². The number of hydrogen-bond donors (Lipinski definition) is 0. The molecule has 0 spiro atoms. The average molecular weight is 287 g/mol. The van der Waals surface area contributed by atoms with Crippen LogP contribution in [0.5, 0.6) is 0 Å². The fraction of sp³-hybridized carbons (Fsp3) is 0.632. The maximum atomic E-state index is 13.1. The normalized spacial score (nSPS) is 26.1. The first-order chi connectivity index (χ1) is 9.83. The van der Waals surface area contributed by atoms with Gasteiger partial charge in [-0.15, -0.1) is 0 Å². The molecule has 2 nitrogen and oxygen atoms in total. The second kappa shape index (κ2) is 6.31. The van der Waals surface area contributed by atoms with Crippen molar-refractivity contribution in [2.45, 2.75) is 58.4 Å². The second-order valence-corrected chi connectivity index (χ2v) is 7.22. The zero-order chi connectivity index (χ0) is 15.6. The molecule has 2 heteroatoms. The first kappa shape index (κ1) is 16.2. The predicted molar refractivity (Wildman–Crippen MR) is 88.7 cm³/mol. The van der Waals surface area contributed by atoms with E-state index in [4.69, 9.17) is 0 Å². The van der Waals surface area contributed by atoms with Crippen molar-refractivity contribution in [3.05, 3.63) is 34.9 Å². The van der Waals surface area contributed by atoms with Crippen molar-refractivity contribution in [3.8, 4) is 0 Å². The molecule has 0 amide bonds. The average Bonchev–Trinajstić information content (AvgIpc) is 2.36. The van der Waals surface area contributed by atoms with E-state index in [-0.39, 0.29) is 5.54 Å². The molecule has 21 heavy (non-hydrogen) atoms. The molecule has 0 N–H and O–H groups in total. The third-order valence-corrected chi connectivity index (χ3v) is 4.99. The standard InChI is InChI=1S/C19H29NO/c1-14-7-6-8-19(13-14,20(4)5)18(21)12-17-10-15(2)9-16(3)11-17/h9-11,14H,6-8,12-13H2,1-5H3. The third kappa shape index (κ3) is 3.55. The Morgan fingerprint density at radius 1 is 1.24 bits per heavy atom. The number of carbonyl (C=O) groups is 1. The third-order valence-electron chi connectivity index (χ3n) is 4.99. The number of hydrogen-bond acceptors (Lipinski definition) is 2. The summed E-state index contributed by atoms with van der Waals surface area (Å²) in [5.41, 5.74) is 3.40. The van der Waals surface area contributed by atoms with E-state index >= 15 is 0 Å². The van der Waals surface area contributed by atoms with Crippen LogP contribution < -0.4 is 0 Å². The number of carbonyl (C=O) groups excluding carboxylic acids is 1. The lowest BCUT2D eigenvalue weighted by molar-refractivity contribution is -0.132. The highest BCUT2D eigenvalue weighted by molar-refractivity contribution is 5.90.